The summed E-state index contributed by atoms with van der Waals surface area (Å²) in [5.74, 6) is 0.758. The van der Waals surface area contributed by atoms with E-state index in [-0.39, 0.29) is 6.10 Å². The van der Waals surface area contributed by atoms with Gasteiger partial charge >= 0.3 is 7.12 Å². The lowest BCUT2D eigenvalue weighted by Crippen LogP contribution is -2.32. The molecule has 3 N–H and O–H groups in total. The molecule has 1 aromatic carbocycles. The van der Waals surface area contributed by atoms with Crippen LogP contribution in [0.3, 0.4) is 0 Å². The fraction of sp³-hybridized carbons (Fsp3) is 0.333. The van der Waals surface area contributed by atoms with Gasteiger partial charge in [0.1, 0.15) is 11.9 Å². The molecule has 14 heavy (non-hydrogen) atoms. The molecule has 1 heterocycles. The highest BCUT2D eigenvalue weighted by atomic mass is 16.5. The van der Waals surface area contributed by atoms with E-state index in [0.717, 1.165) is 18.0 Å². The van der Waals surface area contributed by atoms with Crippen molar-refractivity contribution in [2.24, 2.45) is 0 Å². The molecule has 2 rings (SSSR count). The van der Waals surface area contributed by atoms with E-state index in [0.29, 0.717) is 5.46 Å². The summed E-state index contributed by atoms with van der Waals surface area (Å²) in [7, 11) is -1.43. The Balaban J connectivity index is 2.31. The van der Waals surface area contributed by atoms with Crippen LogP contribution in [-0.2, 0) is 0 Å². The van der Waals surface area contributed by atoms with E-state index in [4.69, 9.17) is 14.8 Å². The highest BCUT2D eigenvalue weighted by Gasteiger charge is 2.18. The van der Waals surface area contributed by atoms with Crippen molar-refractivity contribution >= 4 is 18.3 Å². The van der Waals surface area contributed by atoms with Gasteiger partial charge in [0.25, 0.3) is 0 Å². The van der Waals surface area contributed by atoms with Gasteiger partial charge < -0.3 is 20.1 Å². The van der Waals surface area contributed by atoms with Gasteiger partial charge in [0.05, 0.1) is 12.2 Å². The molecule has 0 radical (unpaired) electrons. The third kappa shape index (κ3) is 1.69. The standard InChI is InChI=1S/C9H12BNO3/c1-6-5-11-8-4-7(10(12)13)2-3-9(8)14-6/h2-4,6,11-13H,5H2,1H3. The molecule has 0 bridgehead atoms. The molecular formula is C9H12BNO3. The SMILES string of the molecule is CC1CNc2cc(B(O)O)ccc2O1. The Morgan fingerprint density at radius 1 is 1.50 bits per heavy atom. The third-order valence-electron chi connectivity index (χ3n) is 2.21. The third-order valence-corrected chi connectivity index (χ3v) is 2.21. The lowest BCUT2D eigenvalue weighted by molar-refractivity contribution is 0.226. The van der Waals surface area contributed by atoms with Gasteiger partial charge in [0.2, 0.25) is 0 Å². The number of nitrogens with one attached hydrogen (secondary N) is 1. The van der Waals surface area contributed by atoms with Crippen LogP contribution < -0.4 is 15.5 Å². The van der Waals surface area contributed by atoms with Crippen molar-refractivity contribution in [3.8, 4) is 5.75 Å². The average molecular weight is 193 g/mol. The Kier molecular flexibility index (Phi) is 2.35. The maximum atomic E-state index is 8.96. The van der Waals surface area contributed by atoms with E-state index in [1.807, 2.05) is 6.92 Å². The minimum atomic E-state index is -1.43. The molecule has 0 fully saturated rings. The van der Waals surface area contributed by atoms with Gasteiger partial charge in [-0.05, 0) is 24.5 Å². The molecule has 1 atom stereocenters. The molecule has 0 aromatic heterocycles. The predicted molar refractivity (Wildman–Crippen MR) is 54.8 cm³/mol. The van der Waals surface area contributed by atoms with Crippen LogP contribution >= 0.6 is 0 Å². The topological polar surface area (TPSA) is 61.7 Å². The van der Waals surface area contributed by atoms with Crippen LogP contribution in [0.5, 0.6) is 5.75 Å². The summed E-state index contributed by atoms with van der Waals surface area (Å²) in [5, 5.41) is 21.1. The number of rotatable bonds is 1. The van der Waals surface area contributed by atoms with Gasteiger partial charge in [-0.1, -0.05) is 6.07 Å². The van der Waals surface area contributed by atoms with E-state index < -0.39 is 7.12 Å². The second kappa shape index (κ2) is 3.51. The Hall–Kier alpha value is -1.20. The molecule has 74 valence electrons. The van der Waals surface area contributed by atoms with Gasteiger partial charge in [0.15, 0.2) is 0 Å². The van der Waals surface area contributed by atoms with Gasteiger partial charge in [-0.25, -0.2) is 0 Å². The van der Waals surface area contributed by atoms with Crippen LogP contribution in [-0.4, -0.2) is 29.8 Å². The van der Waals surface area contributed by atoms with Gasteiger partial charge in [-0.15, -0.1) is 0 Å². The first-order chi connectivity index (χ1) is 6.66. The normalized spacial score (nSPS) is 19.2. The number of ether oxygens (including phenoxy) is 1. The van der Waals surface area contributed by atoms with E-state index >= 15 is 0 Å². The van der Waals surface area contributed by atoms with E-state index in [9.17, 15) is 0 Å². The summed E-state index contributed by atoms with van der Waals surface area (Å²) >= 11 is 0. The Morgan fingerprint density at radius 2 is 2.29 bits per heavy atom. The minimum Gasteiger partial charge on any atom is -0.487 e. The van der Waals surface area contributed by atoms with Crippen molar-refractivity contribution in [2.45, 2.75) is 13.0 Å². The highest BCUT2D eigenvalue weighted by Crippen LogP contribution is 2.27. The minimum absolute atomic E-state index is 0.146. The molecule has 0 amide bonds. The molecule has 1 unspecified atom stereocenters. The highest BCUT2D eigenvalue weighted by molar-refractivity contribution is 6.58. The van der Waals surface area contributed by atoms with Crippen molar-refractivity contribution < 1.29 is 14.8 Å². The summed E-state index contributed by atoms with van der Waals surface area (Å²) in [6, 6.07) is 5.07. The number of anilines is 1. The van der Waals surface area contributed by atoms with Crippen LogP contribution in [0.4, 0.5) is 5.69 Å². The Morgan fingerprint density at radius 3 is 3.00 bits per heavy atom. The Bertz CT molecular complexity index is 343. The molecule has 1 aromatic rings. The van der Waals surface area contributed by atoms with E-state index in [1.54, 1.807) is 18.2 Å². The van der Waals surface area contributed by atoms with Crippen LogP contribution in [0.2, 0.25) is 0 Å². The van der Waals surface area contributed by atoms with Crippen molar-refractivity contribution in [2.75, 3.05) is 11.9 Å². The zero-order valence-electron chi connectivity index (χ0n) is 7.90. The van der Waals surface area contributed by atoms with Crippen molar-refractivity contribution in [3.63, 3.8) is 0 Å². The van der Waals surface area contributed by atoms with Crippen molar-refractivity contribution in [1.29, 1.82) is 0 Å². The quantitative estimate of drug-likeness (QED) is 0.529. The predicted octanol–water partition coefficient (Wildman–Crippen LogP) is -0.441. The maximum absolute atomic E-state index is 8.96. The fourth-order valence-electron chi connectivity index (χ4n) is 1.46. The molecule has 0 saturated heterocycles. The largest absolute Gasteiger partial charge is 0.488 e. The zero-order valence-corrected chi connectivity index (χ0v) is 7.90. The van der Waals surface area contributed by atoms with Gasteiger partial charge in [0, 0.05) is 0 Å². The van der Waals surface area contributed by atoms with E-state index in [2.05, 4.69) is 5.32 Å². The van der Waals surface area contributed by atoms with E-state index in [1.165, 1.54) is 0 Å². The summed E-state index contributed by atoms with van der Waals surface area (Å²) in [4.78, 5) is 0. The van der Waals surface area contributed by atoms with Crippen LogP contribution in [0.15, 0.2) is 18.2 Å². The summed E-state index contributed by atoms with van der Waals surface area (Å²) < 4.78 is 5.54. The molecular weight excluding hydrogens is 181 g/mol. The molecule has 0 spiro atoms. The molecule has 0 aliphatic carbocycles. The van der Waals surface area contributed by atoms with Crippen LogP contribution in [0.1, 0.15) is 6.92 Å². The van der Waals surface area contributed by atoms with Crippen LogP contribution in [0.25, 0.3) is 0 Å². The van der Waals surface area contributed by atoms with Gasteiger partial charge in [-0.2, -0.15) is 0 Å². The average Bonchev–Trinajstić information content (AvgIpc) is 2.16. The van der Waals surface area contributed by atoms with Crippen molar-refractivity contribution in [1.82, 2.24) is 0 Å². The smallest absolute Gasteiger partial charge is 0.487 e. The first kappa shape index (κ1) is 9.36. The summed E-state index contributed by atoms with van der Waals surface area (Å²) in [6.45, 7) is 2.71. The second-order valence-corrected chi connectivity index (χ2v) is 3.44. The first-order valence-electron chi connectivity index (χ1n) is 4.57. The van der Waals surface area contributed by atoms with Crippen molar-refractivity contribution in [3.05, 3.63) is 18.2 Å². The summed E-state index contributed by atoms with van der Waals surface area (Å²) in [6.07, 6.45) is 0.146. The molecule has 1 aliphatic heterocycles. The molecule has 4 nitrogen and oxygen atoms in total. The zero-order chi connectivity index (χ0) is 10.1. The monoisotopic (exact) mass is 193 g/mol. The second-order valence-electron chi connectivity index (χ2n) is 3.44. The molecule has 0 saturated carbocycles. The number of benzene rings is 1. The maximum Gasteiger partial charge on any atom is 0.488 e. The first-order valence-corrected chi connectivity index (χ1v) is 4.57. The number of fused-ring (bicyclic) bond motifs is 1. The molecule has 5 heteroatoms. The Labute approximate surface area is 82.7 Å². The summed E-state index contributed by atoms with van der Waals surface area (Å²) in [5.41, 5.74) is 1.28. The lowest BCUT2D eigenvalue weighted by atomic mass is 9.80. The lowest BCUT2D eigenvalue weighted by Gasteiger charge is -2.25. The number of hydrogen-bond acceptors (Lipinski definition) is 4. The van der Waals surface area contributed by atoms with Gasteiger partial charge in [-0.3, -0.25) is 0 Å². The molecule has 1 aliphatic rings. The number of hydrogen-bond donors (Lipinski definition) is 3. The van der Waals surface area contributed by atoms with Crippen LogP contribution in [0, 0.1) is 0 Å². The fourth-order valence-corrected chi connectivity index (χ4v) is 1.46.